The molecular formula is C17H12BrN3O4S2. The van der Waals surface area contributed by atoms with Crippen molar-refractivity contribution >= 4 is 37.1 Å². The van der Waals surface area contributed by atoms with Crippen molar-refractivity contribution in [2.24, 2.45) is 0 Å². The lowest BCUT2D eigenvalue weighted by Crippen LogP contribution is -2.05. The number of hydrogen-bond acceptors (Lipinski definition) is 8. The van der Waals surface area contributed by atoms with Gasteiger partial charge in [-0.25, -0.2) is 8.42 Å². The van der Waals surface area contributed by atoms with Crippen LogP contribution in [0.5, 0.6) is 0 Å². The van der Waals surface area contributed by atoms with Gasteiger partial charge in [0, 0.05) is 6.07 Å². The molecule has 0 radical (unpaired) electrons. The van der Waals surface area contributed by atoms with Crippen LogP contribution in [0.2, 0.25) is 0 Å². The van der Waals surface area contributed by atoms with Crippen LogP contribution in [0.3, 0.4) is 0 Å². The van der Waals surface area contributed by atoms with Crippen LogP contribution in [0.4, 0.5) is 0 Å². The van der Waals surface area contributed by atoms with E-state index in [-0.39, 0.29) is 22.4 Å². The fourth-order valence-corrected chi connectivity index (χ4v) is 4.84. The summed E-state index contributed by atoms with van der Waals surface area (Å²) in [7, 11) is -3.58. The SMILES string of the molecule is Cc1ccc(S(=O)(=O)Cc2nnc(-c3cc(-c4ccc(Br)s4)on3)o2)cc1. The lowest BCUT2D eigenvalue weighted by Gasteiger charge is -2.01. The zero-order valence-electron chi connectivity index (χ0n) is 13.9. The summed E-state index contributed by atoms with van der Waals surface area (Å²) in [5.74, 6) is 0.280. The van der Waals surface area contributed by atoms with E-state index in [1.165, 1.54) is 11.3 Å². The topological polar surface area (TPSA) is 99.1 Å². The van der Waals surface area contributed by atoms with Gasteiger partial charge in [0.25, 0.3) is 5.89 Å². The third-order valence-corrected chi connectivity index (χ3v) is 6.96. The first kappa shape index (κ1) is 18.1. The highest BCUT2D eigenvalue weighted by molar-refractivity contribution is 9.11. The molecule has 0 fully saturated rings. The second-order valence-corrected chi connectivity index (χ2v) is 10.2. The maximum absolute atomic E-state index is 12.5. The van der Waals surface area contributed by atoms with Crippen molar-refractivity contribution in [1.82, 2.24) is 15.4 Å². The highest BCUT2D eigenvalue weighted by Crippen LogP contribution is 2.33. The summed E-state index contributed by atoms with van der Waals surface area (Å²) in [6.45, 7) is 1.89. The molecule has 0 saturated heterocycles. The van der Waals surface area contributed by atoms with E-state index in [1.807, 2.05) is 19.1 Å². The van der Waals surface area contributed by atoms with Gasteiger partial charge in [0.05, 0.1) is 13.6 Å². The number of sulfone groups is 1. The van der Waals surface area contributed by atoms with E-state index in [4.69, 9.17) is 8.94 Å². The van der Waals surface area contributed by atoms with Crippen molar-refractivity contribution in [3.63, 3.8) is 0 Å². The average molecular weight is 466 g/mol. The summed E-state index contributed by atoms with van der Waals surface area (Å²) >= 11 is 4.89. The molecule has 0 aliphatic heterocycles. The van der Waals surface area contributed by atoms with Gasteiger partial charge in [0.15, 0.2) is 21.3 Å². The van der Waals surface area contributed by atoms with E-state index in [0.29, 0.717) is 11.5 Å². The van der Waals surface area contributed by atoms with Gasteiger partial charge in [-0.15, -0.1) is 21.5 Å². The first-order chi connectivity index (χ1) is 12.9. The van der Waals surface area contributed by atoms with Crippen LogP contribution < -0.4 is 0 Å². The molecule has 7 nitrogen and oxygen atoms in total. The fraction of sp³-hybridized carbons (Fsp3) is 0.118. The Balaban J connectivity index is 1.55. The average Bonchev–Trinajstić information content (AvgIpc) is 3.35. The number of aryl methyl sites for hydroxylation is 1. The van der Waals surface area contributed by atoms with Gasteiger partial charge in [0.1, 0.15) is 5.75 Å². The highest BCUT2D eigenvalue weighted by Gasteiger charge is 2.21. The minimum Gasteiger partial charge on any atom is -0.418 e. The van der Waals surface area contributed by atoms with Crippen molar-refractivity contribution < 1.29 is 17.4 Å². The van der Waals surface area contributed by atoms with E-state index >= 15 is 0 Å². The summed E-state index contributed by atoms with van der Waals surface area (Å²) in [5, 5.41) is 11.6. The predicted molar refractivity (Wildman–Crippen MR) is 103 cm³/mol. The zero-order valence-corrected chi connectivity index (χ0v) is 17.1. The summed E-state index contributed by atoms with van der Waals surface area (Å²) in [4.78, 5) is 1.10. The molecule has 0 N–H and O–H groups in total. The van der Waals surface area contributed by atoms with Crippen molar-refractivity contribution in [2.75, 3.05) is 0 Å². The first-order valence-corrected chi connectivity index (χ1v) is 11.0. The van der Waals surface area contributed by atoms with E-state index in [0.717, 1.165) is 14.2 Å². The Kier molecular flexibility index (Phi) is 4.70. The molecule has 0 aliphatic carbocycles. The van der Waals surface area contributed by atoms with Crippen molar-refractivity contribution in [2.45, 2.75) is 17.6 Å². The molecule has 0 unspecified atom stereocenters. The van der Waals surface area contributed by atoms with Gasteiger partial charge in [-0.1, -0.05) is 22.9 Å². The maximum Gasteiger partial charge on any atom is 0.269 e. The summed E-state index contributed by atoms with van der Waals surface area (Å²) in [5.41, 5.74) is 1.33. The molecule has 3 heterocycles. The molecule has 0 amide bonds. The van der Waals surface area contributed by atoms with Gasteiger partial charge in [-0.05, 0) is 47.1 Å². The second kappa shape index (κ2) is 7.02. The molecule has 0 aliphatic rings. The number of thiophene rings is 1. The molecule has 138 valence electrons. The Morgan fingerprint density at radius 2 is 1.89 bits per heavy atom. The van der Waals surface area contributed by atoms with Gasteiger partial charge < -0.3 is 8.94 Å². The zero-order chi connectivity index (χ0) is 19.0. The van der Waals surface area contributed by atoms with Crippen molar-refractivity contribution in [1.29, 1.82) is 0 Å². The number of halogens is 1. The highest BCUT2D eigenvalue weighted by atomic mass is 79.9. The van der Waals surface area contributed by atoms with E-state index in [9.17, 15) is 8.42 Å². The smallest absolute Gasteiger partial charge is 0.269 e. The van der Waals surface area contributed by atoms with E-state index in [2.05, 4.69) is 31.3 Å². The Hall–Kier alpha value is -2.30. The maximum atomic E-state index is 12.5. The predicted octanol–water partition coefficient (Wildman–Crippen LogP) is 4.50. The van der Waals surface area contributed by atoms with Crippen LogP contribution in [0.1, 0.15) is 11.5 Å². The summed E-state index contributed by atoms with van der Waals surface area (Å²) < 4.78 is 36.7. The molecule has 10 heteroatoms. The third-order valence-electron chi connectivity index (χ3n) is 3.71. The van der Waals surface area contributed by atoms with Gasteiger partial charge >= 0.3 is 0 Å². The largest absolute Gasteiger partial charge is 0.418 e. The lowest BCUT2D eigenvalue weighted by molar-refractivity contribution is 0.430. The molecule has 4 rings (SSSR count). The number of hydrogen-bond donors (Lipinski definition) is 0. The lowest BCUT2D eigenvalue weighted by atomic mass is 10.2. The number of benzene rings is 1. The molecule has 0 atom stereocenters. The number of nitrogens with zero attached hydrogens (tertiary/aromatic N) is 3. The van der Waals surface area contributed by atoms with Gasteiger partial charge in [-0.2, -0.15) is 0 Å². The Morgan fingerprint density at radius 3 is 2.59 bits per heavy atom. The minimum atomic E-state index is -3.58. The molecule has 0 spiro atoms. The molecule has 27 heavy (non-hydrogen) atoms. The van der Waals surface area contributed by atoms with Gasteiger partial charge in [0.2, 0.25) is 5.89 Å². The number of aromatic nitrogens is 3. The van der Waals surface area contributed by atoms with Crippen LogP contribution in [-0.2, 0) is 15.6 Å². The Morgan fingerprint density at radius 1 is 1.11 bits per heavy atom. The van der Waals surface area contributed by atoms with E-state index < -0.39 is 9.84 Å². The van der Waals surface area contributed by atoms with E-state index in [1.54, 1.807) is 30.3 Å². The molecule has 3 aromatic heterocycles. The molecular weight excluding hydrogens is 454 g/mol. The Bertz CT molecular complexity index is 1190. The second-order valence-electron chi connectivity index (χ2n) is 5.75. The monoisotopic (exact) mass is 465 g/mol. The third kappa shape index (κ3) is 3.87. The van der Waals surface area contributed by atoms with Crippen molar-refractivity contribution in [3.8, 4) is 22.2 Å². The summed E-state index contributed by atoms with van der Waals surface area (Å²) in [6, 6.07) is 12.1. The Labute approximate surface area is 167 Å². The molecule has 0 bridgehead atoms. The van der Waals surface area contributed by atoms with Gasteiger partial charge in [-0.3, -0.25) is 0 Å². The standard InChI is InChI=1S/C17H12BrN3O4S2/c1-10-2-4-11(5-3-10)27(22,23)9-16-19-20-17(24-16)12-8-13(25-21-12)14-6-7-15(18)26-14/h2-8H,9H2,1H3. The fourth-order valence-electron chi connectivity index (χ4n) is 2.35. The van der Waals surface area contributed by atoms with Crippen LogP contribution in [0.25, 0.3) is 22.2 Å². The quantitative estimate of drug-likeness (QED) is 0.427. The molecule has 0 saturated carbocycles. The summed E-state index contributed by atoms with van der Waals surface area (Å²) in [6.07, 6.45) is 0. The normalized spacial score (nSPS) is 11.8. The van der Waals surface area contributed by atoms with Crippen LogP contribution in [0, 0.1) is 6.92 Å². The number of rotatable bonds is 5. The van der Waals surface area contributed by atoms with Crippen molar-refractivity contribution in [3.05, 3.63) is 57.7 Å². The molecule has 1 aromatic carbocycles. The van der Waals surface area contributed by atoms with Crippen LogP contribution >= 0.6 is 27.3 Å². The molecule has 4 aromatic rings. The van der Waals surface area contributed by atoms with Crippen LogP contribution in [0.15, 0.2) is 60.1 Å². The minimum absolute atomic E-state index is 0.00556. The first-order valence-electron chi connectivity index (χ1n) is 7.75. The van der Waals surface area contributed by atoms with Crippen LogP contribution in [-0.4, -0.2) is 23.8 Å².